The van der Waals surface area contributed by atoms with E-state index in [-0.39, 0.29) is 5.56 Å². The van der Waals surface area contributed by atoms with Gasteiger partial charge in [0.1, 0.15) is 5.56 Å². The molecule has 0 aliphatic rings. The third-order valence-corrected chi connectivity index (χ3v) is 2.29. The Morgan fingerprint density at radius 3 is 2.56 bits per heavy atom. The number of hydroxylamine groups is 2. The summed E-state index contributed by atoms with van der Waals surface area (Å²) in [5.74, 6) is -0.991. The fourth-order valence-electron chi connectivity index (χ4n) is 1.47. The molecule has 0 aromatic carbocycles. The summed E-state index contributed by atoms with van der Waals surface area (Å²) >= 11 is 0. The summed E-state index contributed by atoms with van der Waals surface area (Å²) in [6.45, 7) is 0.196. The highest BCUT2D eigenvalue weighted by Gasteiger charge is 2.23. The Morgan fingerprint density at radius 1 is 1.44 bits per heavy atom. The van der Waals surface area contributed by atoms with Gasteiger partial charge in [-0.25, -0.2) is 10.0 Å². The predicted molar refractivity (Wildman–Crippen MR) is 59.4 cm³/mol. The minimum Gasteiger partial charge on any atom is -0.416 e. The van der Waals surface area contributed by atoms with Gasteiger partial charge < -0.3 is 4.74 Å². The number of amides is 1. The van der Waals surface area contributed by atoms with Crippen molar-refractivity contribution in [3.63, 3.8) is 0 Å². The van der Waals surface area contributed by atoms with E-state index in [0.29, 0.717) is 11.3 Å². The molecule has 0 bridgehead atoms. The van der Waals surface area contributed by atoms with Gasteiger partial charge in [-0.1, -0.05) is 0 Å². The van der Waals surface area contributed by atoms with Gasteiger partial charge >= 0.3 is 6.61 Å². The molecule has 0 atom stereocenters. The molecule has 0 radical (unpaired) electrons. The van der Waals surface area contributed by atoms with E-state index in [1.54, 1.807) is 19.9 Å². The van der Waals surface area contributed by atoms with Crippen LogP contribution in [0.25, 0.3) is 0 Å². The van der Waals surface area contributed by atoms with Gasteiger partial charge in [0, 0.05) is 12.7 Å². The minimum atomic E-state index is -3.04. The van der Waals surface area contributed by atoms with E-state index in [9.17, 15) is 13.6 Å². The SMILES string of the molecule is CON(C)C(=O)c1c(C)cc(C)nc1OC(F)F. The minimum absolute atomic E-state index is 0.0368. The summed E-state index contributed by atoms with van der Waals surface area (Å²) in [7, 11) is 2.66. The quantitative estimate of drug-likeness (QED) is 0.776. The standard InChI is InChI=1S/C11H14F2N2O3/c1-6-5-7(2)14-9(18-11(12)13)8(6)10(16)15(3)17-4/h5,11H,1-4H3. The molecule has 5 nitrogen and oxygen atoms in total. The normalized spacial score (nSPS) is 10.6. The molecule has 0 N–H and O–H groups in total. The molecule has 100 valence electrons. The number of alkyl halides is 2. The number of rotatable bonds is 4. The molecule has 0 spiro atoms. The van der Waals surface area contributed by atoms with Crippen molar-refractivity contribution in [1.82, 2.24) is 10.0 Å². The number of aryl methyl sites for hydroxylation is 2. The van der Waals surface area contributed by atoms with Crippen LogP contribution in [0.2, 0.25) is 0 Å². The number of ether oxygens (including phenoxy) is 1. The fraction of sp³-hybridized carbons (Fsp3) is 0.455. The van der Waals surface area contributed by atoms with E-state index in [1.807, 2.05) is 0 Å². The monoisotopic (exact) mass is 260 g/mol. The predicted octanol–water partition coefficient (Wildman–Crippen LogP) is 1.93. The Hall–Kier alpha value is -1.76. The molecule has 1 aromatic rings. The van der Waals surface area contributed by atoms with Crippen molar-refractivity contribution in [3.05, 3.63) is 22.9 Å². The molecule has 7 heteroatoms. The van der Waals surface area contributed by atoms with Crippen LogP contribution in [0.5, 0.6) is 5.88 Å². The molecular formula is C11H14F2N2O3. The van der Waals surface area contributed by atoms with Gasteiger partial charge in [0.05, 0.1) is 7.11 Å². The van der Waals surface area contributed by atoms with Crippen LogP contribution in [0.15, 0.2) is 6.07 Å². The van der Waals surface area contributed by atoms with Crippen LogP contribution in [0.4, 0.5) is 8.78 Å². The molecule has 1 rings (SSSR count). The van der Waals surface area contributed by atoms with E-state index < -0.39 is 18.4 Å². The first-order valence-corrected chi connectivity index (χ1v) is 5.12. The van der Waals surface area contributed by atoms with Crippen molar-refractivity contribution in [1.29, 1.82) is 0 Å². The molecule has 1 aromatic heterocycles. The number of hydrogen-bond donors (Lipinski definition) is 0. The number of pyridine rings is 1. The second-order valence-corrected chi connectivity index (χ2v) is 3.62. The van der Waals surface area contributed by atoms with E-state index in [0.717, 1.165) is 5.06 Å². The molecule has 1 amide bonds. The van der Waals surface area contributed by atoms with Crippen LogP contribution in [-0.2, 0) is 4.84 Å². The topological polar surface area (TPSA) is 51.7 Å². The first-order chi connectivity index (χ1) is 8.36. The highest BCUT2D eigenvalue weighted by Crippen LogP contribution is 2.24. The Kier molecular flexibility index (Phi) is 4.55. The van der Waals surface area contributed by atoms with E-state index >= 15 is 0 Å². The third-order valence-electron chi connectivity index (χ3n) is 2.29. The zero-order valence-corrected chi connectivity index (χ0v) is 10.5. The summed E-state index contributed by atoms with van der Waals surface area (Å²) in [6.07, 6.45) is 0. The molecule has 0 fully saturated rings. The van der Waals surface area contributed by atoms with Gasteiger partial charge in [0.2, 0.25) is 5.88 Å². The van der Waals surface area contributed by atoms with Gasteiger partial charge in [-0.15, -0.1) is 0 Å². The maximum atomic E-state index is 12.3. The zero-order chi connectivity index (χ0) is 13.9. The van der Waals surface area contributed by atoms with Crippen LogP contribution in [0, 0.1) is 13.8 Å². The number of carbonyl (C=O) groups is 1. The van der Waals surface area contributed by atoms with Gasteiger partial charge in [-0.2, -0.15) is 8.78 Å². The lowest BCUT2D eigenvalue weighted by Gasteiger charge is -2.17. The van der Waals surface area contributed by atoms with Crippen LogP contribution in [0.1, 0.15) is 21.6 Å². The van der Waals surface area contributed by atoms with Crippen molar-refractivity contribution >= 4 is 5.91 Å². The lowest BCUT2D eigenvalue weighted by atomic mass is 10.1. The van der Waals surface area contributed by atoms with Crippen molar-refractivity contribution in [3.8, 4) is 5.88 Å². The number of nitrogens with zero attached hydrogens (tertiary/aromatic N) is 2. The van der Waals surface area contributed by atoms with Gasteiger partial charge in [0.15, 0.2) is 0 Å². The molecule has 0 saturated carbocycles. The average molecular weight is 260 g/mol. The number of aromatic nitrogens is 1. The lowest BCUT2D eigenvalue weighted by molar-refractivity contribution is -0.0775. The number of hydrogen-bond acceptors (Lipinski definition) is 4. The highest BCUT2D eigenvalue weighted by molar-refractivity contribution is 5.97. The van der Waals surface area contributed by atoms with Crippen molar-refractivity contribution in [2.75, 3.05) is 14.2 Å². The molecule has 18 heavy (non-hydrogen) atoms. The van der Waals surface area contributed by atoms with Gasteiger partial charge in [-0.3, -0.25) is 9.63 Å². The van der Waals surface area contributed by atoms with E-state index in [2.05, 4.69) is 9.72 Å². The van der Waals surface area contributed by atoms with Crippen molar-refractivity contribution in [2.24, 2.45) is 0 Å². The van der Waals surface area contributed by atoms with E-state index in [4.69, 9.17) is 4.84 Å². The summed E-state index contributed by atoms with van der Waals surface area (Å²) in [4.78, 5) is 20.5. The first kappa shape index (κ1) is 14.3. The van der Waals surface area contributed by atoms with Crippen LogP contribution in [-0.4, -0.2) is 36.7 Å². The van der Waals surface area contributed by atoms with Crippen LogP contribution in [0.3, 0.4) is 0 Å². The highest BCUT2D eigenvalue weighted by atomic mass is 19.3. The Labute approximate surface area is 103 Å². The summed E-state index contributed by atoms with van der Waals surface area (Å²) < 4.78 is 28.9. The number of carbonyl (C=O) groups excluding carboxylic acids is 1. The maximum absolute atomic E-state index is 12.3. The Balaban J connectivity index is 3.27. The largest absolute Gasteiger partial charge is 0.416 e. The van der Waals surface area contributed by atoms with Gasteiger partial charge in [-0.05, 0) is 25.5 Å². The molecule has 0 aliphatic heterocycles. The van der Waals surface area contributed by atoms with Crippen LogP contribution < -0.4 is 4.74 Å². The smallest absolute Gasteiger partial charge is 0.388 e. The molecule has 0 saturated heterocycles. The van der Waals surface area contributed by atoms with Crippen molar-refractivity contribution < 1.29 is 23.1 Å². The Bertz CT molecular complexity index is 452. The number of halogens is 2. The summed E-state index contributed by atoms with van der Waals surface area (Å²) in [5.41, 5.74) is 0.942. The summed E-state index contributed by atoms with van der Waals surface area (Å²) in [5, 5.41) is 0.914. The molecular weight excluding hydrogens is 246 g/mol. The fourth-order valence-corrected chi connectivity index (χ4v) is 1.47. The second-order valence-electron chi connectivity index (χ2n) is 3.62. The zero-order valence-electron chi connectivity index (χ0n) is 10.5. The van der Waals surface area contributed by atoms with Crippen LogP contribution >= 0.6 is 0 Å². The lowest BCUT2D eigenvalue weighted by Crippen LogP contribution is -2.27. The molecule has 0 aliphatic carbocycles. The second kappa shape index (κ2) is 5.72. The Morgan fingerprint density at radius 2 is 2.06 bits per heavy atom. The maximum Gasteiger partial charge on any atom is 0.388 e. The third kappa shape index (κ3) is 3.13. The van der Waals surface area contributed by atoms with Gasteiger partial charge in [0.25, 0.3) is 5.91 Å². The molecule has 0 unspecified atom stereocenters. The summed E-state index contributed by atoms with van der Waals surface area (Å²) in [6, 6.07) is 1.61. The van der Waals surface area contributed by atoms with E-state index in [1.165, 1.54) is 14.2 Å². The molecule has 1 heterocycles. The average Bonchev–Trinajstić information content (AvgIpc) is 2.25. The first-order valence-electron chi connectivity index (χ1n) is 5.12. The van der Waals surface area contributed by atoms with Crippen molar-refractivity contribution in [2.45, 2.75) is 20.5 Å².